The topological polar surface area (TPSA) is 26.0 Å². The Morgan fingerprint density at radius 1 is 0.258 bits per heavy atom. The van der Waals surface area contributed by atoms with Crippen LogP contribution in [0.15, 0.2) is 0 Å². The van der Waals surface area contributed by atoms with E-state index in [0.29, 0.717) is 0 Å². The second kappa shape index (κ2) is 34.6. The molecule has 0 aliphatic carbocycles. The molecule has 0 aromatic heterocycles. The highest BCUT2D eigenvalue weighted by atomic mass is 14.5. The maximum absolute atomic E-state index is 5.48. The van der Waals surface area contributed by atoms with Crippen LogP contribution in [0.25, 0.3) is 0 Å². The number of hydrogen-bond donors (Lipinski definition) is 1. The lowest BCUT2D eigenvalue weighted by atomic mass is 10.0. The highest BCUT2D eigenvalue weighted by Crippen LogP contribution is 2.13. The molecule has 0 fully saturated rings. The van der Waals surface area contributed by atoms with Gasteiger partial charge in [-0.2, -0.15) is 0 Å². The van der Waals surface area contributed by atoms with Crippen LogP contribution in [0.4, 0.5) is 0 Å². The van der Waals surface area contributed by atoms with Crippen LogP contribution >= 0.6 is 0 Å². The zero-order valence-electron chi connectivity index (χ0n) is 22.7. The first-order chi connectivity index (χ1) is 15.3. The molecule has 2 N–H and O–H groups in total. The number of rotatable bonds is 25. The van der Waals surface area contributed by atoms with Gasteiger partial charge >= 0.3 is 0 Å². The lowest BCUT2D eigenvalue weighted by Gasteiger charge is -2.03. The third-order valence-electron chi connectivity index (χ3n) is 6.51. The summed E-state index contributed by atoms with van der Waals surface area (Å²) >= 11 is 0. The van der Waals surface area contributed by atoms with Crippen molar-refractivity contribution in [3.63, 3.8) is 0 Å². The van der Waals surface area contributed by atoms with Crippen molar-refractivity contribution in [2.24, 2.45) is 5.73 Å². The second-order valence-corrected chi connectivity index (χ2v) is 9.92. The zero-order chi connectivity index (χ0) is 23.1. The van der Waals surface area contributed by atoms with Gasteiger partial charge in [-0.3, -0.25) is 0 Å². The Morgan fingerprint density at radius 3 is 0.581 bits per heavy atom. The molecule has 0 unspecified atom stereocenters. The van der Waals surface area contributed by atoms with E-state index in [1.165, 1.54) is 167 Å². The first kappa shape index (κ1) is 33.1. The Labute approximate surface area is 200 Å². The van der Waals surface area contributed by atoms with E-state index in [1.54, 1.807) is 0 Å². The van der Waals surface area contributed by atoms with Crippen LogP contribution in [0.2, 0.25) is 0 Å². The summed E-state index contributed by atoms with van der Waals surface area (Å²) in [7, 11) is 0. The minimum Gasteiger partial charge on any atom is -0.330 e. The summed E-state index contributed by atoms with van der Waals surface area (Å²) < 4.78 is 0. The largest absolute Gasteiger partial charge is 0.330 e. The van der Waals surface area contributed by atoms with Gasteiger partial charge in [0.1, 0.15) is 0 Å². The van der Waals surface area contributed by atoms with Gasteiger partial charge in [-0.25, -0.2) is 0 Å². The van der Waals surface area contributed by atoms with Gasteiger partial charge < -0.3 is 5.73 Å². The third-order valence-corrected chi connectivity index (χ3v) is 6.51. The van der Waals surface area contributed by atoms with Crippen molar-refractivity contribution in [3.05, 3.63) is 0 Å². The first-order valence-corrected chi connectivity index (χ1v) is 15.0. The van der Waals surface area contributed by atoms with E-state index in [0.717, 1.165) is 6.54 Å². The molecule has 31 heavy (non-hydrogen) atoms. The van der Waals surface area contributed by atoms with E-state index in [2.05, 4.69) is 20.8 Å². The summed E-state index contributed by atoms with van der Waals surface area (Å²) in [4.78, 5) is 0. The Hall–Kier alpha value is -0.0400. The summed E-state index contributed by atoms with van der Waals surface area (Å²) in [6, 6.07) is 0. The smallest absolute Gasteiger partial charge is 0.00773 e. The molecule has 0 rings (SSSR count). The monoisotopic (exact) mass is 440 g/mol. The summed E-state index contributed by atoms with van der Waals surface area (Å²) in [6.45, 7) is 7.72. The minimum atomic E-state index is 0.873. The summed E-state index contributed by atoms with van der Waals surface area (Å²) in [5, 5.41) is 0. The average molecular weight is 440 g/mol. The zero-order valence-corrected chi connectivity index (χ0v) is 22.7. The Balaban J connectivity index is 0. The van der Waals surface area contributed by atoms with Gasteiger partial charge in [0.2, 0.25) is 0 Å². The standard InChI is InChI=1S/C18H39N.C12H26/c1-2-3-4-5-6-7-8-9-10-11-12-13-14-15-16-17-18-19;1-3-5-7-9-11-12-10-8-6-4-2/h2-19H2,1H3;3-12H2,1-2H3. The number of hydrogen-bond acceptors (Lipinski definition) is 1. The molecule has 0 aliphatic rings. The molecule has 0 amide bonds. The van der Waals surface area contributed by atoms with E-state index in [9.17, 15) is 0 Å². The molecule has 0 bridgehead atoms. The molecule has 0 saturated heterocycles. The van der Waals surface area contributed by atoms with Crippen LogP contribution in [-0.4, -0.2) is 6.54 Å². The summed E-state index contributed by atoms with van der Waals surface area (Å²) in [5.41, 5.74) is 5.48. The van der Waals surface area contributed by atoms with Gasteiger partial charge in [-0.15, -0.1) is 0 Å². The second-order valence-electron chi connectivity index (χ2n) is 9.92. The van der Waals surface area contributed by atoms with Crippen molar-refractivity contribution in [1.82, 2.24) is 0 Å². The fourth-order valence-corrected chi connectivity index (χ4v) is 4.25. The molecule has 0 spiro atoms. The minimum absolute atomic E-state index is 0.873. The molecule has 190 valence electrons. The van der Waals surface area contributed by atoms with Crippen molar-refractivity contribution < 1.29 is 0 Å². The van der Waals surface area contributed by atoms with Crippen LogP contribution in [0.3, 0.4) is 0 Å². The van der Waals surface area contributed by atoms with Crippen molar-refractivity contribution in [2.75, 3.05) is 6.54 Å². The van der Waals surface area contributed by atoms with Crippen LogP contribution in [0.5, 0.6) is 0 Å². The van der Waals surface area contributed by atoms with Crippen molar-refractivity contribution >= 4 is 0 Å². The quantitative estimate of drug-likeness (QED) is 0.141. The van der Waals surface area contributed by atoms with E-state index >= 15 is 0 Å². The Bertz CT molecular complexity index is 237. The van der Waals surface area contributed by atoms with Crippen molar-refractivity contribution in [1.29, 1.82) is 0 Å². The molecule has 0 atom stereocenters. The highest BCUT2D eigenvalue weighted by molar-refractivity contribution is 4.50. The molecular formula is C30H65N. The van der Waals surface area contributed by atoms with Gasteiger partial charge in [0.05, 0.1) is 0 Å². The van der Waals surface area contributed by atoms with Gasteiger partial charge in [0.25, 0.3) is 0 Å². The molecule has 0 radical (unpaired) electrons. The summed E-state index contributed by atoms with van der Waals surface area (Å²) in [5.74, 6) is 0. The molecule has 0 aromatic rings. The predicted octanol–water partition coefficient (Wildman–Crippen LogP) is 11.1. The fraction of sp³-hybridized carbons (Fsp3) is 1.00. The van der Waals surface area contributed by atoms with Gasteiger partial charge in [0.15, 0.2) is 0 Å². The summed E-state index contributed by atoms with van der Waals surface area (Å²) in [6.07, 6.45) is 37.3. The molecule has 0 saturated carbocycles. The van der Waals surface area contributed by atoms with Gasteiger partial charge in [0, 0.05) is 0 Å². The normalized spacial score (nSPS) is 10.8. The Kier molecular flexibility index (Phi) is 37.0. The van der Waals surface area contributed by atoms with Gasteiger partial charge in [-0.05, 0) is 13.0 Å². The van der Waals surface area contributed by atoms with Crippen molar-refractivity contribution in [3.8, 4) is 0 Å². The van der Waals surface area contributed by atoms with E-state index in [-0.39, 0.29) is 0 Å². The molecule has 0 aromatic carbocycles. The predicted molar refractivity (Wildman–Crippen MR) is 146 cm³/mol. The van der Waals surface area contributed by atoms with E-state index in [1.807, 2.05) is 0 Å². The molecule has 0 heterocycles. The lowest BCUT2D eigenvalue weighted by molar-refractivity contribution is 0.530. The average Bonchev–Trinajstić information content (AvgIpc) is 2.79. The van der Waals surface area contributed by atoms with Crippen LogP contribution in [0, 0.1) is 0 Å². The lowest BCUT2D eigenvalue weighted by Crippen LogP contribution is -1.97. The van der Waals surface area contributed by atoms with Crippen LogP contribution in [0.1, 0.15) is 188 Å². The van der Waals surface area contributed by atoms with E-state index < -0.39 is 0 Å². The fourth-order valence-electron chi connectivity index (χ4n) is 4.25. The molecule has 1 nitrogen and oxygen atoms in total. The van der Waals surface area contributed by atoms with E-state index in [4.69, 9.17) is 5.73 Å². The molecular weight excluding hydrogens is 374 g/mol. The SMILES string of the molecule is CCCCCCCCCCCC.CCCCCCCCCCCCCCCCCCN. The Morgan fingerprint density at radius 2 is 0.419 bits per heavy atom. The maximum atomic E-state index is 5.48. The molecule has 0 aliphatic heterocycles. The number of unbranched alkanes of at least 4 members (excludes halogenated alkanes) is 24. The number of nitrogens with two attached hydrogens (primary N) is 1. The van der Waals surface area contributed by atoms with Crippen LogP contribution in [-0.2, 0) is 0 Å². The molecule has 1 heteroatoms. The third kappa shape index (κ3) is 37.6. The van der Waals surface area contributed by atoms with Crippen LogP contribution < -0.4 is 5.73 Å². The first-order valence-electron chi connectivity index (χ1n) is 15.0. The highest BCUT2D eigenvalue weighted by Gasteiger charge is 1.94. The maximum Gasteiger partial charge on any atom is -0.00773 e. The van der Waals surface area contributed by atoms with Crippen molar-refractivity contribution in [2.45, 2.75) is 188 Å². The van der Waals surface area contributed by atoms with Gasteiger partial charge in [-0.1, -0.05) is 181 Å².